The van der Waals surface area contributed by atoms with Crippen molar-refractivity contribution in [2.24, 2.45) is 0 Å². The fourth-order valence-electron chi connectivity index (χ4n) is 3.81. The molecule has 0 aliphatic carbocycles. The van der Waals surface area contributed by atoms with Gasteiger partial charge in [0, 0.05) is 12.7 Å². The van der Waals surface area contributed by atoms with Crippen LogP contribution >= 0.6 is 0 Å². The van der Waals surface area contributed by atoms with Crippen LogP contribution in [0.5, 0.6) is 0 Å². The second kappa shape index (κ2) is 5.56. The molecule has 3 heteroatoms. The minimum Gasteiger partial charge on any atom is -0.353 e. The Morgan fingerprint density at radius 3 is 1.96 bits per heavy atom. The van der Waals surface area contributed by atoms with Crippen LogP contribution in [0.2, 0.25) is 0 Å². The molecule has 124 valence electrons. The second-order valence-electron chi connectivity index (χ2n) is 6.90. The predicted octanol–water partition coefficient (Wildman–Crippen LogP) is 5.03. The molecule has 3 nitrogen and oxygen atoms in total. The molecule has 0 unspecified atom stereocenters. The summed E-state index contributed by atoms with van der Waals surface area (Å²) in [4.78, 5) is 4.67. The van der Waals surface area contributed by atoms with Crippen LogP contribution in [0.15, 0.2) is 18.2 Å². The Labute approximate surface area is 145 Å². The molecule has 0 fully saturated rings. The van der Waals surface area contributed by atoms with Gasteiger partial charge in [-0.15, -0.1) is 0 Å². The van der Waals surface area contributed by atoms with E-state index in [4.69, 9.17) is 0 Å². The van der Waals surface area contributed by atoms with Gasteiger partial charge in [-0.1, -0.05) is 0 Å². The molecule has 0 amide bonds. The largest absolute Gasteiger partial charge is 0.353 e. The summed E-state index contributed by atoms with van der Waals surface area (Å²) in [5.74, 6) is 0. The van der Waals surface area contributed by atoms with Gasteiger partial charge >= 0.3 is 0 Å². The molecular formula is C21H25N3. The number of nitriles is 1. The first-order valence-electron chi connectivity index (χ1n) is 8.42. The fourth-order valence-corrected chi connectivity index (χ4v) is 3.81. The van der Waals surface area contributed by atoms with Gasteiger partial charge in [-0.25, -0.2) is 0 Å². The first kappa shape index (κ1) is 16.4. The van der Waals surface area contributed by atoms with Crippen molar-refractivity contribution >= 4 is 17.1 Å². The molecule has 24 heavy (non-hydrogen) atoms. The maximum Gasteiger partial charge on any atom is 0.103 e. The number of rotatable bonds is 1. The predicted molar refractivity (Wildman–Crippen MR) is 101 cm³/mol. The summed E-state index contributed by atoms with van der Waals surface area (Å²) in [6, 6.07) is 8.25. The van der Waals surface area contributed by atoms with E-state index >= 15 is 0 Å². The Hall–Kier alpha value is -2.47. The van der Waals surface area contributed by atoms with Gasteiger partial charge in [-0.2, -0.15) is 5.26 Å². The van der Waals surface area contributed by atoms with Crippen LogP contribution < -0.4 is 9.80 Å². The summed E-state index contributed by atoms with van der Waals surface area (Å²) >= 11 is 0. The molecule has 2 aromatic rings. The van der Waals surface area contributed by atoms with Gasteiger partial charge in [0.2, 0.25) is 0 Å². The molecule has 2 aromatic carbocycles. The standard InChI is InChI=1S/C21H25N3/c1-12-13(2)15(4)21(16(5)14(12)3)24-17(6)23(7)19-9-8-18(11-22)10-20(19)24/h8-10,17H,1-7H3/t17-/m0/s1. The molecule has 0 spiro atoms. The van der Waals surface area contributed by atoms with Crippen LogP contribution in [0.1, 0.15) is 40.3 Å². The molecule has 1 heterocycles. The lowest BCUT2D eigenvalue weighted by atomic mass is 9.92. The van der Waals surface area contributed by atoms with Crippen molar-refractivity contribution in [3.8, 4) is 6.07 Å². The molecule has 1 aliphatic heterocycles. The first-order chi connectivity index (χ1) is 11.3. The van der Waals surface area contributed by atoms with Crippen molar-refractivity contribution in [3.05, 3.63) is 51.6 Å². The van der Waals surface area contributed by atoms with Gasteiger partial charge in [-0.05, 0) is 87.6 Å². The average Bonchev–Trinajstić information content (AvgIpc) is 2.83. The molecule has 0 N–H and O–H groups in total. The van der Waals surface area contributed by atoms with E-state index in [0.29, 0.717) is 5.56 Å². The third-order valence-electron chi connectivity index (χ3n) is 5.88. The van der Waals surface area contributed by atoms with Crippen molar-refractivity contribution in [1.29, 1.82) is 5.26 Å². The number of nitrogens with zero attached hydrogens (tertiary/aromatic N) is 3. The number of hydrogen-bond acceptors (Lipinski definition) is 3. The average molecular weight is 319 g/mol. The Balaban J connectivity index is 2.32. The van der Waals surface area contributed by atoms with E-state index in [9.17, 15) is 5.26 Å². The van der Waals surface area contributed by atoms with E-state index in [0.717, 1.165) is 5.69 Å². The van der Waals surface area contributed by atoms with Crippen molar-refractivity contribution in [3.63, 3.8) is 0 Å². The SMILES string of the molecule is Cc1c(C)c(C)c(N2c3cc(C#N)ccc3N(C)[C@@H]2C)c(C)c1C. The van der Waals surface area contributed by atoms with Gasteiger partial charge in [-0.3, -0.25) is 0 Å². The number of anilines is 3. The molecular weight excluding hydrogens is 294 g/mol. The fraction of sp³-hybridized carbons (Fsp3) is 0.381. The Morgan fingerprint density at radius 2 is 1.42 bits per heavy atom. The lowest BCUT2D eigenvalue weighted by Gasteiger charge is -2.32. The van der Waals surface area contributed by atoms with Gasteiger partial charge in [0.25, 0.3) is 0 Å². The monoisotopic (exact) mass is 319 g/mol. The summed E-state index contributed by atoms with van der Waals surface area (Å²) < 4.78 is 0. The lowest BCUT2D eigenvalue weighted by Crippen LogP contribution is -2.36. The molecule has 3 rings (SSSR count). The van der Waals surface area contributed by atoms with E-state index in [1.165, 1.54) is 39.2 Å². The van der Waals surface area contributed by atoms with E-state index in [-0.39, 0.29) is 6.17 Å². The highest BCUT2D eigenvalue weighted by Gasteiger charge is 2.34. The quantitative estimate of drug-likeness (QED) is 0.738. The molecule has 0 saturated carbocycles. The van der Waals surface area contributed by atoms with Gasteiger partial charge in [0.05, 0.1) is 23.0 Å². The summed E-state index contributed by atoms with van der Waals surface area (Å²) in [6.45, 7) is 13.3. The highest BCUT2D eigenvalue weighted by Crippen LogP contribution is 2.47. The molecule has 0 bridgehead atoms. The van der Waals surface area contributed by atoms with Crippen LogP contribution in [-0.2, 0) is 0 Å². The zero-order chi connectivity index (χ0) is 17.8. The minimum absolute atomic E-state index is 0.216. The number of hydrogen-bond donors (Lipinski definition) is 0. The molecule has 0 saturated heterocycles. The smallest absolute Gasteiger partial charge is 0.103 e. The summed E-state index contributed by atoms with van der Waals surface area (Å²) in [7, 11) is 2.12. The normalized spacial score (nSPS) is 16.3. The Bertz CT molecular complexity index is 845. The van der Waals surface area contributed by atoms with Crippen molar-refractivity contribution in [2.45, 2.75) is 47.7 Å². The van der Waals surface area contributed by atoms with E-state index in [1.54, 1.807) is 0 Å². The Kier molecular flexibility index (Phi) is 3.80. The molecule has 0 radical (unpaired) electrons. The minimum atomic E-state index is 0.216. The molecule has 0 aromatic heterocycles. The highest BCUT2D eigenvalue weighted by atomic mass is 15.4. The third-order valence-corrected chi connectivity index (χ3v) is 5.88. The van der Waals surface area contributed by atoms with Gasteiger partial charge in [0.1, 0.15) is 6.17 Å². The highest BCUT2D eigenvalue weighted by molar-refractivity contribution is 5.87. The third kappa shape index (κ3) is 2.10. The number of fused-ring (bicyclic) bond motifs is 1. The Morgan fingerprint density at radius 1 is 0.875 bits per heavy atom. The first-order valence-corrected chi connectivity index (χ1v) is 8.42. The maximum atomic E-state index is 9.31. The van der Waals surface area contributed by atoms with Crippen LogP contribution in [0.25, 0.3) is 0 Å². The topological polar surface area (TPSA) is 30.3 Å². The zero-order valence-corrected chi connectivity index (χ0v) is 15.7. The zero-order valence-electron chi connectivity index (χ0n) is 15.7. The lowest BCUT2D eigenvalue weighted by molar-refractivity contribution is 0.730. The van der Waals surface area contributed by atoms with Crippen LogP contribution in [0.4, 0.5) is 17.1 Å². The summed E-state index contributed by atoms with van der Waals surface area (Å²) in [5, 5.41) is 9.31. The second-order valence-corrected chi connectivity index (χ2v) is 6.90. The molecule has 1 aliphatic rings. The summed E-state index contributed by atoms with van der Waals surface area (Å²) in [6.07, 6.45) is 0.216. The maximum absolute atomic E-state index is 9.31. The van der Waals surface area contributed by atoms with E-state index in [2.05, 4.69) is 70.5 Å². The van der Waals surface area contributed by atoms with Crippen LogP contribution in [0.3, 0.4) is 0 Å². The van der Waals surface area contributed by atoms with E-state index < -0.39 is 0 Å². The van der Waals surface area contributed by atoms with Crippen molar-refractivity contribution in [2.75, 3.05) is 16.8 Å². The number of benzene rings is 2. The summed E-state index contributed by atoms with van der Waals surface area (Å²) in [5.41, 5.74) is 11.0. The van der Waals surface area contributed by atoms with E-state index in [1.807, 2.05) is 12.1 Å². The molecule has 1 atom stereocenters. The van der Waals surface area contributed by atoms with Gasteiger partial charge in [0.15, 0.2) is 0 Å². The van der Waals surface area contributed by atoms with Crippen molar-refractivity contribution < 1.29 is 0 Å². The van der Waals surface area contributed by atoms with Crippen LogP contribution in [0, 0.1) is 45.9 Å². The van der Waals surface area contributed by atoms with Crippen LogP contribution in [-0.4, -0.2) is 13.2 Å². The van der Waals surface area contributed by atoms with Crippen molar-refractivity contribution in [1.82, 2.24) is 0 Å². The van der Waals surface area contributed by atoms with Gasteiger partial charge < -0.3 is 9.80 Å².